The maximum Gasteiger partial charge on any atom is 0.335 e. The summed E-state index contributed by atoms with van der Waals surface area (Å²) < 4.78 is 26.4. The Bertz CT molecular complexity index is 689. The number of pyridine rings is 1. The molecule has 1 heterocycles. The average molecular weight is 278 g/mol. The fourth-order valence-corrected chi connectivity index (χ4v) is 1.49. The molecule has 1 amide bonds. The highest BCUT2D eigenvalue weighted by molar-refractivity contribution is 6.04. The van der Waals surface area contributed by atoms with E-state index >= 15 is 0 Å². The number of hydrogen-bond donors (Lipinski definition) is 2. The predicted octanol–water partition coefficient (Wildman–Crippen LogP) is 2.31. The van der Waals surface area contributed by atoms with Gasteiger partial charge in [0.15, 0.2) is 0 Å². The SMILES string of the molecule is O=C(O)c1ccnc(NC(=O)c2cc(F)ccc2F)c1. The first kappa shape index (κ1) is 13.6. The molecule has 2 rings (SSSR count). The van der Waals surface area contributed by atoms with Crippen LogP contribution in [0.2, 0.25) is 0 Å². The van der Waals surface area contributed by atoms with Crippen molar-refractivity contribution >= 4 is 17.7 Å². The summed E-state index contributed by atoms with van der Waals surface area (Å²) >= 11 is 0. The zero-order valence-electron chi connectivity index (χ0n) is 9.93. The van der Waals surface area contributed by atoms with Gasteiger partial charge >= 0.3 is 5.97 Å². The number of carbonyl (C=O) groups is 2. The molecule has 0 fully saturated rings. The molecule has 1 aromatic heterocycles. The van der Waals surface area contributed by atoms with Gasteiger partial charge in [0.2, 0.25) is 0 Å². The minimum absolute atomic E-state index is 0.0708. The molecule has 102 valence electrons. The molecular formula is C13H8F2N2O3. The van der Waals surface area contributed by atoms with E-state index in [1.807, 2.05) is 0 Å². The van der Waals surface area contributed by atoms with Crippen LogP contribution < -0.4 is 5.32 Å². The summed E-state index contributed by atoms with van der Waals surface area (Å²) in [4.78, 5) is 26.2. The molecule has 0 atom stereocenters. The molecule has 20 heavy (non-hydrogen) atoms. The van der Waals surface area contributed by atoms with Crippen LogP contribution in [0, 0.1) is 11.6 Å². The molecule has 0 unspecified atom stereocenters. The normalized spacial score (nSPS) is 10.1. The Kier molecular flexibility index (Phi) is 3.69. The van der Waals surface area contributed by atoms with Gasteiger partial charge in [0.25, 0.3) is 5.91 Å². The Morgan fingerprint density at radius 3 is 2.60 bits per heavy atom. The molecule has 0 saturated carbocycles. The van der Waals surface area contributed by atoms with Crippen molar-refractivity contribution in [2.45, 2.75) is 0 Å². The standard InChI is InChI=1S/C13H8F2N2O3/c14-8-1-2-10(15)9(6-8)12(18)17-11-5-7(13(19)20)3-4-16-11/h1-6H,(H,19,20)(H,16,17,18). The lowest BCUT2D eigenvalue weighted by atomic mass is 10.2. The summed E-state index contributed by atoms with van der Waals surface area (Å²) in [5.41, 5.74) is -0.581. The van der Waals surface area contributed by atoms with E-state index in [0.29, 0.717) is 0 Å². The summed E-state index contributed by atoms with van der Waals surface area (Å²) in [6, 6.07) is 4.80. The predicted molar refractivity (Wildman–Crippen MR) is 65.5 cm³/mol. The van der Waals surface area contributed by atoms with E-state index in [1.165, 1.54) is 12.3 Å². The van der Waals surface area contributed by atoms with Crippen molar-refractivity contribution in [3.63, 3.8) is 0 Å². The van der Waals surface area contributed by atoms with Crippen molar-refractivity contribution in [2.24, 2.45) is 0 Å². The Balaban J connectivity index is 2.25. The second kappa shape index (κ2) is 5.43. The molecule has 2 aromatic rings. The van der Waals surface area contributed by atoms with Crippen molar-refractivity contribution in [3.05, 3.63) is 59.3 Å². The number of anilines is 1. The van der Waals surface area contributed by atoms with Gasteiger partial charge in [0.05, 0.1) is 11.1 Å². The van der Waals surface area contributed by atoms with Crippen LogP contribution in [0.4, 0.5) is 14.6 Å². The van der Waals surface area contributed by atoms with Crippen molar-refractivity contribution in [3.8, 4) is 0 Å². The van der Waals surface area contributed by atoms with Crippen LogP contribution in [0.5, 0.6) is 0 Å². The molecule has 2 N–H and O–H groups in total. The van der Waals surface area contributed by atoms with Gasteiger partial charge in [0, 0.05) is 6.20 Å². The third-order valence-corrected chi connectivity index (χ3v) is 2.42. The smallest absolute Gasteiger partial charge is 0.335 e. The number of carboxylic acids is 1. The quantitative estimate of drug-likeness (QED) is 0.903. The minimum atomic E-state index is -1.19. The van der Waals surface area contributed by atoms with Crippen LogP contribution in [-0.2, 0) is 0 Å². The van der Waals surface area contributed by atoms with Gasteiger partial charge in [-0.25, -0.2) is 18.6 Å². The monoisotopic (exact) mass is 278 g/mol. The maximum atomic E-state index is 13.4. The number of hydrogen-bond acceptors (Lipinski definition) is 3. The van der Waals surface area contributed by atoms with E-state index in [1.54, 1.807) is 0 Å². The molecule has 0 saturated heterocycles. The largest absolute Gasteiger partial charge is 0.478 e. The Labute approximate surface area is 111 Å². The summed E-state index contributed by atoms with van der Waals surface area (Å²) in [6.07, 6.45) is 1.18. The number of halogens is 2. The van der Waals surface area contributed by atoms with E-state index in [0.717, 1.165) is 24.3 Å². The van der Waals surface area contributed by atoms with E-state index in [4.69, 9.17) is 5.11 Å². The second-order valence-corrected chi connectivity index (χ2v) is 3.81. The molecule has 1 aromatic carbocycles. The number of aromatic nitrogens is 1. The van der Waals surface area contributed by atoms with Gasteiger partial charge in [-0.1, -0.05) is 0 Å². The number of carbonyl (C=O) groups excluding carboxylic acids is 1. The highest BCUT2D eigenvalue weighted by atomic mass is 19.1. The molecular weight excluding hydrogens is 270 g/mol. The van der Waals surface area contributed by atoms with Crippen molar-refractivity contribution < 1.29 is 23.5 Å². The Hall–Kier alpha value is -2.83. The first-order valence-electron chi connectivity index (χ1n) is 5.43. The number of rotatable bonds is 3. The van der Waals surface area contributed by atoms with Crippen molar-refractivity contribution in [1.29, 1.82) is 0 Å². The average Bonchev–Trinajstić information content (AvgIpc) is 2.41. The first-order chi connectivity index (χ1) is 9.47. The van der Waals surface area contributed by atoms with Gasteiger partial charge < -0.3 is 10.4 Å². The van der Waals surface area contributed by atoms with Gasteiger partial charge in [-0.2, -0.15) is 0 Å². The summed E-state index contributed by atoms with van der Waals surface area (Å²) in [6.45, 7) is 0. The molecule has 0 spiro atoms. The van der Waals surface area contributed by atoms with Crippen molar-refractivity contribution in [1.82, 2.24) is 4.98 Å². The van der Waals surface area contributed by atoms with E-state index in [2.05, 4.69) is 10.3 Å². The van der Waals surface area contributed by atoms with Crippen molar-refractivity contribution in [2.75, 3.05) is 5.32 Å². The lowest BCUT2D eigenvalue weighted by Gasteiger charge is -2.06. The molecule has 0 aliphatic rings. The van der Waals surface area contributed by atoms with Gasteiger partial charge in [-0.15, -0.1) is 0 Å². The third-order valence-electron chi connectivity index (χ3n) is 2.42. The zero-order chi connectivity index (χ0) is 14.7. The Morgan fingerprint density at radius 2 is 1.90 bits per heavy atom. The third kappa shape index (κ3) is 2.94. The molecule has 7 heteroatoms. The van der Waals surface area contributed by atoms with Crippen LogP contribution in [0.3, 0.4) is 0 Å². The number of aromatic carboxylic acids is 1. The van der Waals surface area contributed by atoms with Crippen LogP contribution in [0.1, 0.15) is 20.7 Å². The number of nitrogens with one attached hydrogen (secondary N) is 1. The highest BCUT2D eigenvalue weighted by Gasteiger charge is 2.14. The van der Waals surface area contributed by atoms with E-state index < -0.39 is 29.1 Å². The molecule has 0 radical (unpaired) electrons. The number of carboxylic acid groups (broad SMARTS) is 1. The number of nitrogens with zero attached hydrogens (tertiary/aromatic N) is 1. The zero-order valence-corrected chi connectivity index (χ0v) is 9.93. The fraction of sp³-hybridized carbons (Fsp3) is 0. The Morgan fingerprint density at radius 1 is 1.15 bits per heavy atom. The summed E-state index contributed by atoms with van der Waals surface area (Å²) in [7, 11) is 0. The van der Waals surface area contributed by atoms with E-state index in [-0.39, 0.29) is 11.4 Å². The second-order valence-electron chi connectivity index (χ2n) is 3.81. The topological polar surface area (TPSA) is 79.3 Å². The lowest BCUT2D eigenvalue weighted by molar-refractivity contribution is 0.0696. The highest BCUT2D eigenvalue weighted by Crippen LogP contribution is 2.13. The molecule has 5 nitrogen and oxygen atoms in total. The van der Waals surface area contributed by atoms with Gasteiger partial charge in [0.1, 0.15) is 17.5 Å². The molecule has 0 bridgehead atoms. The first-order valence-corrected chi connectivity index (χ1v) is 5.43. The maximum absolute atomic E-state index is 13.4. The summed E-state index contributed by atoms with van der Waals surface area (Å²) in [5.74, 6) is -3.84. The summed E-state index contributed by atoms with van der Waals surface area (Å²) in [5, 5.41) is 11.0. The fourth-order valence-electron chi connectivity index (χ4n) is 1.49. The van der Waals surface area contributed by atoms with Crippen LogP contribution in [0.15, 0.2) is 36.5 Å². The molecule has 0 aliphatic heterocycles. The van der Waals surface area contributed by atoms with Gasteiger partial charge in [-0.3, -0.25) is 4.79 Å². The van der Waals surface area contributed by atoms with Crippen LogP contribution >= 0.6 is 0 Å². The van der Waals surface area contributed by atoms with Crippen LogP contribution in [-0.4, -0.2) is 22.0 Å². The van der Waals surface area contributed by atoms with Crippen LogP contribution in [0.25, 0.3) is 0 Å². The van der Waals surface area contributed by atoms with Gasteiger partial charge in [-0.05, 0) is 30.3 Å². The van der Waals surface area contributed by atoms with E-state index in [9.17, 15) is 18.4 Å². The molecule has 0 aliphatic carbocycles. The minimum Gasteiger partial charge on any atom is -0.478 e. The number of benzene rings is 1. The lowest BCUT2D eigenvalue weighted by Crippen LogP contribution is -2.15. The number of amides is 1.